The average Bonchev–Trinajstić information content (AvgIpc) is 3.18. The number of nitrogens with zero attached hydrogens (tertiary/aromatic N) is 1. The van der Waals surface area contributed by atoms with Crippen molar-refractivity contribution in [3.8, 4) is 0 Å². The normalized spacial score (nSPS) is 15.8. The van der Waals surface area contributed by atoms with Crippen LogP contribution in [0, 0.1) is 5.82 Å². The molecular formula is C17H17FN2O2S2. The minimum Gasteiger partial charge on any atom is -0.357 e. The van der Waals surface area contributed by atoms with Gasteiger partial charge in [0, 0.05) is 28.0 Å². The Morgan fingerprint density at radius 2 is 2.12 bits per heavy atom. The van der Waals surface area contributed by atoms with Gasteiger partial charge in [0.2, 0.25) is 0 Å². The zero-order valence-electron chi connectivity index (χ0n) is 13.2. The fourth-order valence-electron chi connectivity index (χ4n) is 3.21. The van der Waals surface area contributed by atoms with Gasteiger partial charge in [0.15, 0.2) is 0 Å². The standard InChI is InChI=1S/C17H17FN2O2S2/c1-2-12-4-6-17(23-12)24(21,22)20-8-7-13-14-9-11(18)3-5-15(14)19-16(13)10-20/h3-6,9,19H,2,7-8,10H2,1H3. The van der Waals surface area contributed by atoms with E-state index in [1.807, 2.05) is 13.0 Å². The minimum absolute atomic E-state index is 0.273. The number of fused-ring (bicyclic) bond motifs is 3. The number of nitrogens with one attached hydrogen (secondary N) is 1. The summed E-state index contributed by atoms with van der Waals surface area (Å²) in [4.78, 5) is 4.31. The third kappa shape index (κ3) is 2.47. The first-order valence-corrected chi connectivity index (χ1v) is 10.1. The molecule has 1 aliphatic rings. The van der Waals surface area contributed by atoms with Crippen molar-refractivity contribution in [2.45, 2.75) is 30.5 Å². The van der Waals surface area contributed by atoms with Crippen LogP contribution >= 0.6 is 11.3 Å². The van der Waals surface area contributed by atoms with E-state index >= 15 is 0 Å². The fraction of sp³-hybridized carbons (Fsp3) is 0.294. The van der Waals surface area contributed by atoms with Crippen molar-refractivity contribution in [1.82, 2.24) is 9.29 Å². The predicted octanol–water partition coefficient (Wildman–Crippen LogP) is 3.68. The van der Waals surface area contributed by atoms with E-state index < -0.39 is 10.0 Å². The Morgan fingerprint density at radius 3 is 2.88 bits per heavy atom. The van der Waals surface area contributed by atoms with E-state index in [1.54, 1.807) is 12.1 Å². The van der Waals surface area contributed by atoms with Crippen molar-refractivity contribution in [2.75, 3.05) is 6.54 Å². The quantitative estimate of drug-likeness (QED) is 0.771. The number of aromatic amines is 1. The van der Waals surface area contributed by atoms with Crippen molar-refractivity contribution >= 4 is 32.3 Å². The van der Waals surface area contributed by atoms with Crippen LogP contribution in [0.15, 0.2) is 34.5 Å². The van der Waals surface area contributed by atoms with E-state index in [1.165, 1.54) is 27.8 Å². The molecule has 126 valence electrons. The molecule has 1 aromatic carbocycles. The van der Waals surface area contributed by atoms with Crippen molar-refractivity contribution in [3.63, 3.8) is 0 Å². The second-order valence-corrected chi connectivity index (χ2v) is 9.27. The van der Waals surface area contributed by atoms with Crippen LogP contribution in [-0.4, -0.2) is 24.3 Å². The maximum Gasteiger partial charge on any atom is 0.252 e. The maximum atomic E-state index is 13.5. The number of hydrogen-bond donors (Lipinski definition) is 1. The number of aryl methyl sites for hydroxylation is 1. The highest BCUT2D eigenvalue weighted by Crippen LogP contribution is 2.32. The molecule has 0 amide bonds. The van der Waals surface area contributed by atoms with E-state index in [9.17, 15) is 12.8 Å². The van der Waals surface area contributed by atoms with Gasteiger partial charge in [-0.15, -0.1) is 11.3 Å². The first kappa shape index (κ1) is 15.8. The minimum atomic E-state index is -3.48. The summed E-state index contributed by atoms with van der Waals surface area (Å²) in [5, 5.41) is 0.853. The molecule has 0 spiro atoms. The topological polar surface area (TPSA) is 53.2 Å². The zero-order valence-corrected chi connectivity index (χ0v) is 14.8. The Balaban J connectivity index is 1.70. The van der Waals surface area contributed by atoms with Gasteiger partial charge in [-0.25, -0.2) is 12.8 Å². The van der Waals surface area contributed by atoms with Crippen molar-refractivity contribution in [3.05, 3.63) is 52.3 Å². The molecule has 0 saturated carbocycles. The predicted molar refractivity (Wildman–Crippen MR) is 93.3 cm³/mol. The number of halogens is 1. The van der Waals surface area contributed by atoms with Crippen molar-refractivity contribution < 1.29 is 12.8 Å². The second kappa shape index (κ2) is 5.68. The highest BCUT2D eigenvalue weighted by atomic mass is 32.2. The van der Waals surface area contributed by atoms with Crippen LogP contribution < -0.4 is 0 Å². The summed E-state index contributed by atoms with van der Waals surface area (Å²) in [6, 6.07) is 8.19. The third-order valence-corrected chi connectivity index (χ3v) is 8.02. The average molecular weight is 364 g/mol. The van der Waals surface area contributed by atoms with Gasteiger partial charge >= 0.3 is 0 Å². The Morgan fingerprint density at radius 1 is 1.29 bits per heavy atom. The lowest BCUT2D eigenvalue weighted by atomic mass is 10.0. The summed E-state index contributed by atoms with van der Waals surface area (Å²) in [7, 11) is -3.48. The van der Waals surface area contributed by atoms with E-state index in [2.05, 4.69) is 4.98 Å². The van der Waals surface area contributed by atoms with E-state index in [0.717, 1.165) is 33.5 Å². The van der Waals surface area contributed by atoms with E-state index in [4.69, 9.17) is 0 Å². The molecule has 0 aliphatic carbocycles. The summed E-state index contributed by atoms with van der Waals surface area (Å²) < 4.78 is 41.1. The van der Waals surface area contributed by atoms with Crippen LogP contribution in [-0.2, 0) is 29.4 Å². The monoisotopic (exact) mass is 364 g/mol. The van der Waals surface area contributed by atoms with Crippen molar-refractivity contribution in [2.24, 2.45) is 0 Å². The highest BCUT2D eigenvalue weighted by molar-refractivity contribution is 7.91. The molecule has 0 radical (unpaired) electrons. The summed E-state index contributed by atoms with van der Waals surface area (Å²) in [5.74, 6) is -0.273. The lowest BCUT2D eigenvalue weighted by molar-refractivity contribution is 0.389. The summed E-state index contributed by atoms with van der Waals surface area (Å²) >= 11 is 1.33. The zero-order chi connectivity index (χ0) is 16.9. The van der Waals surface area contributed by atoms with Crippen LogP contribution in [0.1, 0.15) is 23.1 Å². The molecule has 0 fully saturated rings. The molecule has 3 heterocycles. The van der Waals surface area contributed by atoms with E-state index in [-0.39, 0.29) is 5.82 Å². The Hall–Kier alpha value is -1.70. The first-order valence-electron chi connectivity index (χ1n) is 7.87. The molecule has 0 atom stereocenters. The highest BCUT2D eigenvalue weighted by Gasteiger charge is 2.31. The molecular weight excluding hydrogens is 347 g/mol. The SMILES string of the molecule is CCc1ccc(S(=O)(=O)N2CCc3c([nH]c4ccc(F)cc34)C2)s1. The third-order valence-electron chi connectivity index (χ3n) is 4.48. The number of benzene rings is 1. The number of H-pyrrole nitrogens is 1. The van der Waals surface area contributed by atoms with E-state index in [0.29, 0.717) is 23.7 Å². The van der Waals surface area contributed by atoms with Crippen LogP contribution in [0.5, 0.6) is 0 Å². The van der Waals surface area contributed by atoms with Gasteiger partial charge in [0.1, 0.15) is 10.0 Å². The van der Waals surface area contributed by atoms with Gasteiger partial charge in [-0.2, -0.15) is 4.31 Å². The van der Waals surface area contributed by atoms with Gasteiger partial charge in [0.25, 0.3) is 10.0 Å². The molecule has 7 heteroatoms. The van der Waals surface area contributed by atoms with Gasteiger partial charge in [-0.05, 0) is 48.7 Å². The molecule has 1 aliphatic heterocycles. The van der Waals surface area contributed by atoms with Crippen molar-refractivity contribution in [1.29, 1.82) is 0 Å². The second-order valence-electron chi connectivity index (χ2n) is 5.93. The molecule has 24 heavy (non-hydrogen) atoms. The molecule has 0 unspecified atom stereocenters. The fourth-order valence-corrected chi connectivity index (χ4v) is 6.07. The molecule has 4 nitrogen and oxygen atoms in total. The summed E-state index contributed by atoms with van der Waals surface area (Å²) in [6.45, 7) is 2.73. The molecule has 0 saturated heterocycles. The van der Waals surface area contributed by atoms with Gasteiger partial charge in [0.05, 0.1) is 6.54 Å². The number of thiophene rings is 1. The summed E-state index contributed by atoms with van der Waals surface area (Å²) in [5.41, 5.74) is 2.74. The van der Waals surface area contributed by atoms with Gasteiger partial charge in [-0.3, -0.25) is 0 Å². The number of hydrogen-bond acceptors (Lipinski definition) is 3. The largest absolute Gasteiger partial charge is 0.357 e. The van der Waals surface area contributed by atoms with Gasteiger partial charge in [-0.1, -0.05) is 6.92 Å². The van der Waals surface area contributed by atoms with Crippen LogP contribution in [0.2, 0.25) is 0 Å². The smallest absolute Gasteiger partial charge is 0.252 e. The maximum absolute atomic E-state index is 13.5. The first-order chi connectivity index (χ1) is 11.5. The number of rotatable bonds is 3. The van der Waals surface area contributed by atoms with Gasteiger partial charge < -0.3 is 4.98 Å². The Bertz CT molecular complexity index is 1020. The number of sulfonamides is 1. The van der Waals surface area contributed by atoms with Crippen LogP contribution in [0.25, 0.3) is 10.9 Å². The van der Waals surface area contributed by atoms with Crippen LogP contribution in [0.4, 0.5) is 4.39 Å². The number of aromatic nitrogens is 1. The summed E-state index contributed by atoms with van der Waals surface area (Å²) in [6.07, 6.45) is 1.42. The van der Waals surface area contributed by atoms with Crippen LogP contribution in [0.3, 0.4) is 0 Å². The molecule has 3 aromatic rings. The lowest BCUT2D eigenvalue weighted by Crippen LogP contribution is -2.35. The molecule has 0 bridgehead atoms. The Labute approximate surface area is 144 Å². The molecule has 2 aromatic heterocycles. The Kier molecular flexibility index (Phi) is 3.74. The molecule has 4 rings (SSSR count). The molecule has 1 N–H and O–H groups in total. The lowest BCUT2D eigenvalue weighted by Gasteiger charge is -2.25.